The van der Waals surface area contributed by atoms with Crippen LogP contribution in [0.5, 0.6) is 0 Å². The highest BCUT2D eigenvalue weighted by Crippen LogP contribution is 2.16. The number of hydrogen-bond donors (Lipinski definition) is 1. The number of rotatable bonds is 15. The van der Waals surface area contributed by atoms with Gasteiger partial charge in [0.15, 0.2) is 0 Å². The third kappa shape index (κ3) is 15.1. The number of unbranched alkanes of at least 4 members (excludes halogenated alkanes) is 8. The molecule has 0 spiro atoms. The Hall–Kier alpha value is 0.210. The van der Waals surface area contributed by atoms with E-state index < -0.39 is 0 Å². The van der Waals surface area contributed by atoms with E-state index in [9.17, 15) is 5.11 Å². The van der Waals surface area contributed by atoms with Gasteiger partial charge in [0, 0.05) is 11.8 Å². The van der Waals surface area contributed by atoms with Crippen LogP contribution in [-0.2, 0) is 0 Å². The van der Waals surface area contributed by atoms with Crippen LogP contribution in [0.4, 0.5) is 0 Å². The van der Waals surface area contributed by atoms with Gasteiger partial charge < -0.3 is 9.59 Å². The van der Waals surface area contributed by atoms with Crippen molar-refractivity contribution < 1.29 is 9.59 Å². The molecule has 0 aliphatic rings. The zero-order valence-corrected chi connectivity index (χ0v) is 16.4. The topological polar surface area (TPSA) is 20.2 Å². The molecule has 0 bridgehead atoms. The summed E-state index contributed by atoms with van der Waals surface area (Å²) in [7, 11) is 4.35. The van der Waals surface area contributed by atoms with Gasteiger partial charge >= 0.3 is 0 Å². The van der Waals surface area contributed by atoms with E-state index in [1.807, 2.05) is 6.92 Å². The smallest absolute Gasteiger partial charge is 0.104 e. The minimum absolute atomic E-state index is 0.235. The van der Waals surface area contributed by atoms with E-state index in [0.29, 0.717) is 5.38 Å². The van der Waals surface area contributed by atoms with Crippen LogP contribution in [0.3, 0.4) is 0 Å². The minimum atomic E-state index is -0.235. The average molecular weight is 335 g/mol. The van der Waals surface area contributed by atoms with Crippen molar-refractivity contribution >= 4 is 11.6 Å². The molecule has 0 radical (unpaired) electrons. The molecule has 0 saturated heterocycles. The molecule has 134 valence electrons. The van der Waals surface area contributed by atoms with Gasteiger partial charge in [-0.25, -0.2) is 0 Å². The summed E-state index contributed by atoms with van der Waals surface area (Å²) in [6.45, 7) is 5.99. The van der Waals surface area contributed by atoms with Crippen LogP contribution in [0.15, 0.2) is 0 Å². The number of alkyl halides is 1. The van der Waals surface area contributed by atoms with E-state index in [2.05, 4.69) is 21.0 Å². The number of likely N-dealkylation sites (N-methyl/N-ethyl adjacent to an activating group) is 1. The molecule has 2 nitrogen and oxygen atoms in total. The standard InChI is InChI=1S/C19H41ClNO/c1-5-6-7-8-9-10-11-12-13-14-19(20)15-16-21(3,4)17-18(2)22/h18-19,22H,5-17H2,1-4H3/q+1. The Kier molecular flexibility index (Phi) is 13.8. The maximum atomic E-state index is 9.50. The SMILES string of the molecule is CCCCCCCCCCCC(Cl)CC[N+](C)(C)CC(C)O. The van der Waals surface area contributed by atoms with E-state index >= 15 is 0 Å². The molecule has 1 N–H and O–H groups in total. The number of aliphatic hydroxyl groups excluding tert-OH is 1. The monoisotopic (exact) mass is 334 g/mol. The van der Waals surface area contributed by atoms with Gasteiger partial charge in [-0.05, 0) is 13.3 Å². The predicted molar refractivity (Wildman–Crippen MR) is 99.6 cm³/mol. The third-order valence-electron chi connectivity index (χ3n) is 4.43. The Morgan fingerprint density at radius 3 is 1.86 bits per heavy atom. The maximum Gasteiger partial charge on any atom is 0.104 e. The lowest BCUT2D eigenvalue weighted by molar-refractivity contribution is -0.893. The predicted octanol–water partition coefficient (Wildman–Crippen LogP) is 5.36. The number of halogens is 1. The largest absolute Gasteiger partial charge is 0.388 e. The van der Waals surface area contributed by atoms with Crippen LogP contribution in [0.2, 0.25) is 0 Å². The maximum absolute atomic E-state index is 9.50. The Bertz CT molecular complexity index is 244. The number of quaternary nitrogens is 1. The summed E-state index contributed by atoms with van der Waals surface area (Å²) in [5, 5.41) is 9.80. The van der Waals surface area contributed by atoms with Crippen molar-refractivity contribution in [1.82, 2.24) is 0 Å². The first-order valence-corrected chi connectivity index (χ1v) is 9.95. The molecule has 0 fully saturated rings. The van der Waals surface area contributed by atoms with E-state index in [1.54, 1.807) is 0 Å². The number of nitrogens with zero attached hydrogens (tertiary/aromatic N) is 1. The Labute approximate surface area is 144 Å². The van der Waals surface area contributed by atoms with Crippen molar-refractivity contribution in [2.24, 2.45) is 0 Å². The van der Waals surface area contributed by atoms with Gasteiger partial charge in [0.25, 0.3) is 0 Å². The summed E-state index contributed by atoms with van der Waals surface area (Å²) in [4.78, 5) is 0. The van der Waals surface area contributed by atoms with Crippen molar-refractivity contribution in [2.75, 3.05) is 27.2 Å². The van der Waals surface area contributed by atoms with Crippen molar-refractivity contribution in [3.63, 3.8) is 0 Å². The lowest BCUT2D eigenvalue weighted by Gasteiger charge is -2.31. The van der Waals surface area contributed by atoms with E-state index in [-0.39, 0.29) is 6.10 Å². The number of hydrogen-bond acceptors (Lipinski definition) is 1. The van der Waals surface area contributed by atoms with E-state index in [1.165, 1.54) is 57.8 Å². The normalized spacial score (nSPS) is 15.0. The Morgan fingerprint density at radius 1 is 0.864 bits per heavy atom. The van der Waals surface area contributed by atoms with Crippen LogP contribution in [0.1, 0.15) is 84.5 Å². The second-order valence-corrected chi connectivity index (χ2v) is 8.31. The molecule has 0 aliphatic carbocycles. The molecule has 0 heterocycles. The van der Waals surface area contributed by atoms with Crippen molar-refractivity contribution in [3.8, 4) is 0 Å². The van der Waals surface area contributed by atoms with Crippen molar-refractivity contribution in [1.29, 1.82) is 0 Å². The Balaban J connectivity index is 3.44. The van der Waals surface area contributed by atoms with Crippen LogP contribution in [-0.4, -0.2) is 48.3 Å². The summed E-state index contributed by atoms with van der Waals surface area (Å²) >= 11 is 6.45. The minimum Gasteiger partial charge on any atom is -0.388 e. The van der Waals surface area contributed by atoms with Gasteiger partial charge in [0.2, 0.25) is 0 Å². The third-order valence-corrected chi connectivity index (χ3v) is 4.86. The molecule has 2 unspecified atom stereocenters. The van der Waals surface area contributed by atoms with Gasteiger partial charge in [-0.1, -0.05) is 64.7 Å². The zero-order valence-electron chi connectivity index (χ0n) is 15.6. The molecule has 3 heteroatoms. The second kappa shape index (κ2) is 13.6. The summed E-state index contributed by atoms with van der Waals surface area (Å²) in [6.07, 6.45) is 14.3. The molecular weight excluding hydrogens is 294 g/mol. The lowest BCUT2D eigenvalue weighted by Crippen LogP contribution is -2.45. The van der Waals surface area contributed by atoms with Gasteiger partial charge in [-0.15, -0.1) is 11.6 Å². The lowest BCUT2D eigenvalue weighted by atomic mass is 10.0. The van der Waals surface area contributed by atoms with E-state index in [4.69, 9.17) is 11.6 Å². The molecule has 0 amide bonds. The van der Waals surface area contributed by atoms with Gasteiger partial charge in [-0.3, -0.25) is 0 Å². The molecule has 22 heavy (non-hydrogen) atoms. The molecule has 0 aromatic carbocycles. The first kappa shape index (κ1) is 22.2. The molecule has 0 saturated carbocycles. The van der Waals surface area contributed by atoms with Crippen LogP contribution in [0.25, 0.3) is 0 Å². The van der Waals surface area contributed by atoms with Crippen molar-refractivity contribution in [3.05, 3.63) is 0 Å². The highest BCUT2D eigenvalue weighted by Gasteiger charge is 2.19. The first-order valence-electron chi connectivity index (χ1n) is 9.51. The fourth-order valence-corrected chi connectivity index (χ4v) is 3.37. The van der Waals surface area contributed by atoms with E-state index in [0.717, 1.165) is 30.4 Å². The van der Waals surface area contributed by atoms with Gasteiger partial charge in [-0.2, -0.15) is 0 Å². The molecule has 0 aromatic heterocycles. The summed E-state index contributed by atoms with van der Waals surface area (Å²) in [5.41, 5.74) is 0. The molecule has 2 atom stereocenters. The fraction of sp³-hybridized carbons (Fsp3) is 1.00. The van der Waals surface area contributed by atoms with Crippen LogP contribution >= 0.6 is 11.6 Å². The van der Waals surface area contributed by atoms with Crippen LogP contribution < -0.4 is 0 Å². The number of aliphatic hydroxyl groups is 1. The molecule has 0 aliphatic heterocycles. The fourth-order valence-electron chi connectivity index (χ4n) is 3.12. The summed E-state index contributed by atoms with van der Waals surface area (Å²) < 4.78 is 0.860. The van der Waals surface area contributed by atoms with Crippen molar-refractivity contribution in [2.45, 2.75) is 96.0 Å². The molecule has 0 rings (SSSR count). The second-order valence-electron chi connectivity index (χ2n) is 7.69. The Morgan fingerprint density at radius 2 is 1.36 bits per heavy atom. The van der Waals surface area contributed by atoms with Gasteiger partial charge in [0.1, 0.15) is 12.6 Å². The van der Waals surface area contributed by atoms with Crippen LogP contribution in [0, 0.1) is 0 Å². The highest BCUT2D eigenvalue weighted by molar-refractivity contribution is 6.20. The molecular formula is C19H41ClNO+. The quantitative estimate of drug-likeness (QED) is 0.243. The summed E-state index contributed by atoms with van der Waals surface area (Å²) in [6, 6.07) is 0. The average Bonchev–Trinajstić information content (AvgIpc) is 2.42. The van der Waals surface area contributed by atoms with Gasteiger partial charge in [0.05, 0.1) is 20.6 Å². The first-order chi connectivity index (χ1) is 10.4. The highest BCUT2D eigenvalue weighted by atomic mass is 35.5. The summed E-state index contributed by atoms with van der Waals surface area (Å²) in [5.74, 6) is 0. The zero-order chi connectivity index (χ0) is 16.8. The molecule has 0 aromatic rings.